The van der Waals surface area contributed by atoms with E-state index in [0.29, 0.717) is 0 Å². The van der Waals surface area contributed by atoms with Crippen molar-refractivity contribution >= 4 is 142 Å². The van der Waals surface area contributed by atoms with Crippen LogP contribution in [-0.2, 0) is 59.7 Å². The van der Waals surface area contributed by atoms with Gasteiger partial charge in [0.1, 0.15) is 36.2 Å². The van der Waals surface area contributed by atoms with E-state index in [1.165, 1.54) is 72.8 Å². The van der Waals surface area contributed by atoms with Gasteiger partial charge in [-0.15, -0.1) is 0 Å². The number of benzene rings is 8. The fraction of sp³-hybridized carbons (Fsp3) is 0.0800. The molecule has 4 amide bonds. The predicted octanol–water partition coefficient (Wildman–Crippen LogP) is -2.55. The van der Waals surface area contributed by atoms with Crippen molar-refractivity contribution in [2.45, 2.75) is 19.6 Å². The van der Waals surface area contributed by atoms with Crippen LogP contribution in [-0.4, -0.2) is 124 Å². The Morgan fingerprint density at radius 3 is 0.744 bits per heavy atom. The topological polar surface area (TPSA) is 492 Å². The first-order valence-electron chi connectivity index (χ1n) is 22.9. The maximum atomic E-state index is 12.7. The molecule has 0 fully saturated rings. The number of carboxylic acid groups (broad SMARTS) is 4. The summed E-state index contributed by atoms with van der Waals surface area (Å²) in [6.07, 6.45) is 0. The second-order valence-electron chi connectivity index (χ2n) is 17.2. The number of rotatable bonds is 20. The molecule has 0 unspecified atom stereocenters. The Morgan fingerprint density at radius 1 is 0.349 bits per heavy atom. The Hall–Kier alpha value is -7.94. The number of urea groups is 2. The molecule has 86 heavy (non-hydrogen) atoms. The largest absolute Gasteiger partial charge is 1.00 e. The van der Waals surface area contributed by atoms with Crippen LogP contribution in [0, 0.1) is 0 Å². The average Bonchev–Trinajstić information content (AvgIpc) is 1.01. The molecule has 0 heterocycles. The van der Waals surface area contributed by atoms with Crippen LogP contribution in [0.5, 0.6) is 23.0 Å². The van der Waals surface area contributed by atoms with Crippen LogP contribution in [0.2, 0.25) is 0 Å². The fourth-order valence-corrected chi connectivity index (χ4v) is 9.88. The van der Waals surface area contributed by atoms with Gasteiger partial charge < -0.3 is 70.2 Å². The van der Waals surface area contributed by atoms with Crippen LogP contribution in [0.1, 0.15) is 0 Å². The molecule has 8 aromatic carbocycles. The molecule has 0 aliphatic carbocycles. The minimum absolute atomic E-state index is 0. The zero-order chi connectivity index (χ0) is 61.6. The van der Waals surface area contributed by atoms with Crippen molar-refractivity contribution in [1.82, 2.24) is 0 Å². The number of fused-ring (bicyclic) bond motifs is 4. The predicted molar refractivity (Wildman–Crippen MR) is 288 cm³/mol. The monoisotopic (exact) mass is 1280 g/mol. The van der Waals surface area contributed by atoms with E-state index in [2.05, 4.69) is 21.3 Å². The van der Waals surface area contributed by atoms with E-state index in [0.717, 1.165) is 48.5 Å². The van der Waals surface area contributed by atoms with Crippen LogP contribution in [0.3, 0.4) is 0 Å². The number of nitrogens with one attached hydrogen (secondary N) is 4. The van der Waals surface area contributed by atoms with Crippen molar-refractivity contribution < 1.29 is 179 Å². The Bertz CT molecular complexity index is 3970. The Morgan fingerprint density at radius 2 is 0.558 bits per heavy atom. The second-order valence-corrected chi connectivity index (χ2v) is 22.9. The number of ether oxygens (including phenoxy) is 4. The molecule has 8 rings (SSSR count). The smallest absolute Gasteiger partial charge is 0.546 e. The number of hydrogen-bond donors (Lipinski definition) is 10. The molecule has 0 radical (unpaired) electrons. The zero-order valence-electron chi connectivity index (χ0n) is 43.9. The molecule has 30 nitrogen and oxygen atoms in total. The summed E-state index contributed by atoms with van der Waals surface area (Å²) in [5, 5.41) is 51.2. The standard InChI is InChI=1S/2C25H20N2O13S2.2Na/c2*28-23(29)11-39-21-9-17(41(33,34)35)7-13-5-15(1-3-19(13)21)26-25(32)27-16-2-4-20-14(6-16)8-18(42(36,37)38)10-22(20)40-12-24(30)31;;/h2*1-10H,11-12H2,(H,28,29)(H,30,31)(H2,26,27,32)(H,33,34,35)(H,36,37,38);;/q;;2*+1/p-2. The SMILES string of the molecule is O=C([O-])COc1cc(S(=O)(=O)O)cc2cc(NC(=O)Nc3ccc4c(OCC(=O)O)cc(S(=O)(=O)O)cc4c3)ccc12.O=C([O-])COc1cc(S(=O)(=O)O)cc2cc(NC(=O)Nc3ccc4c(OCC(=O)O)cc(S(=O)(=O)O)cc4c3)ccc12.[Na+].[Na+]. The van der Waals surface area contributed by atoms with E-state index in [1.807, 2.05) is 0 Å². The summed E-state index contributed by atoms with van der Waals surface area (Å²) in [5.41, 5.74) is 0.613. The number of carbonyl (C=O) groups excluding carboxylic acids is 4. The molecule has 0 aliphatic rings. The van der Waals surface area contributed by atoms with Gasteiger partial charge in [-0.2, -0.15) is 33.7 Å². The van der Waals surface area contributed by atoms with E-state index in [1.54, 1.807) is 0 Å². The number of carboxylic acids is 4. The minimum atomic E-state index is -4.71. The maximum absolute atomic E-state index is 12.7. The third-order valence-corrected chi connectivity index (χ3v) is 14.5. The van der Waals surface area contributed by atoms with Crippen LogP contribution in [0.15, 0.2) is 141 Å². The zero-order valence-corrected chi connectivity index (χ0v) is 51.1. The van der Waals surface area contributed by atoms with Crippen LogP contribution in [0.25, 0.3) is 43.1 Å². The molecule has 8 aromatic rings. The summed E-state index contributed by atoms with van der Waals surface area (Å²) in [7, 11) is -18.8. The van der Waals surface area contributed by atoms with Gasteiger partial charge in [0, 0.05) is 68.6 Å². The third-order valence-electron chi connectivity index (χ3n) is 11.2. The fourth-order valence-electron chi connectivity index (χ4n) is 7.76. The normalized spacial score (nSPS) is 11.4. The van der Waals surface area contributed by atoms with Gasteiger partial charge in [-0.3, -0.25) is 18.2 Å². The molecular weight excluding hydrogens is 1250 g/mol. The van der Waals surface area contributed by atoms with Crippen LogP contribution in [0.4, 0.5) is 32.3 Å². The Balaban J connectivity index is 0.000000307. The van der Waals surface area contributed by atoms with Crippen LogP contribution >= 0.6 is 0 Å². The van der Waals surface area contributed by atoms with E-state index in [9.17, 15) is 90.9 Å². The van der Waals surface area contributed by atoms with E-state index < -0.39 is 122 Å². The summed E-state index contributed by atoms with van der Waals surface area (Å²) in [4.78, 5) is 66.5. The summed E-state index contributed by atoms with van der Waals surface area (Å²) in [6, 6.07) is 23.3. The van der Waals surface area contributed by atoms with Gasteiger partial charge in [0.25, 0.3) is 40.5 Å². The van der Waals surface area contributed by atoms with Crippen molar-refractivity contribution in [1.29, 1.82) is 0 Å². The number of aliphatic carboxylic acids is 4. The quantitative estimate of drug-likeness (QED) is 0.0277. The molecule has 0 spiro atoms. The number of amides is 4. The molecule has 36 heteroatoms. The summed E-state index contributed by atoms with van der Waals surface area (Å²) in [5.74, 6) is -6.40. The number of anilines is 4. The first kappa shape index (κ1) is 68.8. The molecular formula is C50H38N4Na2O26S4. The second kappa shape index (κ2) is 28.1. The van der Waals surface area contributed by atoms with Crippen molar-refractivity contribution in [3.8, 4) is 23.0 Å². The molecule has 0 saturated heterocycles. The van der Waals surface area contributed by atoms with E-state index in [-0.39, 0.29) is 148 Å². The molecule has 440 valence electrons. The Kier molecular flexibility index (Phi) is 22.5. The van der Waals surface area contributed by atoms with E-state index >= 15 is 0 Å². The first-order valence-corrected chi connectivity index (χ1v) is 28.7. The van der Waals surface area contributed by atoms with Crippen LogP contribution < -0.4 is 110 Å². The van der Waals surface area contributed by atoms with Gasteiger partial charge in [-0.25, -0.2) is 19.2 Å². The van der Waals surface area contributed by atoms with Crippen molar-refractivity contribution in [2.24, 2.45) is 0 Å². The van der Waals surface area contributed by atoms with Gasteiger partial charge in [0.05, 0.1) is 31.5 Å². The molecule has 0 saturated carbocycles. The molecule has 0 aromatic heterocycles. The van der Waals surface area contributed by atoms with Crippen molar-refractivity contribution in [3.05, 3.63) is 121 Å². The van der Waals surface area contributed by atoms with Gasteiger partial charge in [-0.1, -0.05) is 0 Å². The van der Waals surface area contributed by atoms with Gasteiger partial charge in [0.15, 0.2) is 13.2 Å². The van der Waals surface area contributed by atoms with E-state index in [4.69, 9.17) is 29.2 Å². The van der Waals surface area contributed by atoms with Gasteiger partial charge in [0.2, 0.25) is 0 Å². The van der Waals surface area contributed by atoms with Gasteiger partial charge in [-0.05, 0) is 119 Å². The summed E-state index contributed by atoms with van der Waals surface area (Å²) < 4.78 is 152. The number of hydrogen-bond acceptors (Lipinski definition) is 20. The molecule has 0 aliphatic heterocycles. The number of carbonyl (C=O) groups is 6. The third kappa shape index (κ3) is 18.5. The Labute approximate surface area is 528 Å². The minimum Gasteiger partial charge on any atom is -0.546 e. The van der Waals surface area contributed by atoms with Gasteiger partial charge >= 0.3 is 83.1 Å². The molecule has 0 atom stereocenters. The maximum Gasteiger partial charge on any atom is 1.00 e. The molecule has 10 N–H and O–H groups in total. The first-order chi connectivity index (χ1) is 39.2. The average molecular weight is 1290 g/mol. The summed E-state index contributed by atoms with van der Waals surface area (Å²) in [6.45, 7) is -3.35. The summed E-state index contributed by atoms with van der Waals surface area (Å²) >= 11 is 0. The van der Waals surface area contributed by atoms with Crippen molar-refractivity contribution in [3.63, 3.8) is 0 Å². The molecule has 0 bridgehead atoms. The van der Waals surface area contributed by atoms with Crippen molar-refractivity contribution in [2.75, 3.05) is 47.7 Å².